The summed E-state index contributed by atoms with van der Waals surface area (Å²) < 4.78 is 10.8. The Hall–Kier alpha value is -2.11. The van der Waals surface area contributed by atoms with Crippen LogP contribution in [-0.4, -0.2) is 65.8 Å². The highest BCUT2D eigenvalue weighted by Crippen LogP contribution is 2.45. The molecule has 9 nitrogen and oxygen atoms in total. The number of thiophene rings is 1. The zero-order valence-electron chi connectivity index (χ0n) is 16.8. The second kappa shape index (κ2) is 7.62. The van der Waals surface area contributed by atoms with Crippen molar-refractivity contribution >= 4 is 28.8 Å². The van der Waals surface area contributed by atoms with E-state index >= 15 is 0 Å². The number of morpholine rings is 1. The molecule has 2 aliphatic rings. The van der Waals surface area contributed by atoms with Crippen LogP contribution >= 0.6 is 11.3 Å². The lowest BCUT2D eigenvalue weighted by Gasteiger charge is -2.45. The smallest absolute Gasteiger partial charge is 0.219 e. The van der Waals surface area contributed by atoms with E-state index in [-0.39, 0.29) is 12.6 Å². The lowest BCUT2D eigenvalue weighted by atomic mass is 10.0. The summed E-state index contributed by atoms with van der Waals surface area (Å²) in [5.74, 6) is 0.887. The topological polar surface area (TPSA) is 118 Å². The van der Waals surface area contributed by atoms with Crippen LogP contribution in [0.15, 0.2) is 23.5 Å². The van der Waals surface area contributed by atoms with Crippen molar-refractivity contribution < 1.29 is 14.6 Å². The maximum absolute atomic E-state index is 10.9. The third kappa shape index (κ3) is 3.74. The average molecular weight is 419 g/mol. The second-order valence-electron chi connectivity index (χ2n) is 7.62. The first-order valence-electron chi connectivity index (χ1n) is 9.47. The van der Waals surface area contributed by atoms with Crippen LogP contribution in [0.1, 0.15) is 29.2 Å². The minimum Gasteiger partial charge on any atom is -0.382 e. The maximum Gasteiger partial charge on any atom is 0.219 e. The third-order valence-electron chi connectivity index (χ3n) is 5.29. The van der Waals surface area contributed by atoms with Gasteiger partial charge in [0.15, 0.2) is 0 Å². The maximum atomic E-state index is 10.9. The average Bonchev–Trinajstić information content (AvgIpc) is 3.15. The monoisotopic (exact) mass is 418 g/mol. The number of aromatic nitrogens is 2. The molecule has 4 heterocycles. The Morgan fingerprint density at radius 2 is 2.07 bits per heavy atom. The fourth-order valence-corrected chi connectivity index (χ4v) is 4.95. The molecular formula is C19H26N6O3S. The first kappa shape index (κ1) is 20.2. The van der Waals surface area contributed by atoms with Gasteiger partial charge in [0, 0.05) is 37.5 Å². The minimum atomic E-state index is -1.09. The standard InChI is InChI=1S/C19H26N6O3S/c1-18(26,11-27-3)14-8-13-15(29-14)19(2,25-4-6-28-7-5-25)24-16(23-13)12-9-21-17(20)22-10-12/h8-10,26H,4-7,11H2,1-3H3,(H,23,24)(H2,20,21,22). The van der Waals surface area contributed by atoms with Gasteiger partial charge in [-0.1, -0.05) is 0 Å². The van der Waals surface area contributed by atoms with Gasteiger partial charge in [-0.2, -0.15) is 0 Å². The number of amidine groups is 1. The van der Waals surface area contributed by atoms with E-state index in [1.54, 1.807) is 37.8 Å². The van der Waals surface area contributed by atoms with Crippen LogP contribution in [0.3, 0.4) is 0 Å². The number of ether oxygens (including phenoxy) is 2. The highest BCUT2D eigenvalue weighted by Gasteiger charge is 2.43. The van der Waals surface area contributed by atoms with E-state index in [9.17, 15) is 5.11 Å². The van der Waals surface area contributed by atoms with Crippen molar-refractivity contribution in [2.45, 2.75) is 25.1 Å². The van der Waals surface area contributed by atoms with Crippen LogP contribution in [-0.2, 0) is 20.7 Å². The third-order valence-corrected chi connectivity index (χ3v) is 6.88. The van der Waals surface area contributed by atoms with Crippen molar-refractivity contribution in [2.75, 3.05) is 45.8 Å². The number of anilines is 1. The predicted molar refractivity (Wildman–Crippen MR) is 111 cm³/mol. The van der Waals surface area contributed by atoms with Gasteiger partial charge in [0.2, 0.25) is 5.95 Å². The molecule has 0 aliphatic carbocycles. The van der Waals surface area contributed by atoms with Gasteiger partial charge >= 0.3 is 0 Å². The zero-order valence-corrected chi connectivity index (χ0v) is 17.6. The van der Waals surface area contributed by atoms with E-state index in [0.717, 1.165) is 34.1 Å². The minimum absolute atomic E-state index is 0.205. The van der Waals surface area contributed by atoms with Crippen molar-refractivity contribution in [1.82, 2.24) is 20.2 Å². The molecule has 2 unspecified atom stereocenters. The molecule has 10 heteroatoms. The fourth-order valence-electron chi connectivity index (χ4n) is 3.70. The van der Waals surface area contributed by atoms with Crippen molar-refractivity contribution in [3.63, 3.8) is 0 Å². The SMILES string of the molecule is COCC(C)(O)c1cc2c(s1)C(C)(N1CCOCC1)NC(c1cnc(N)nc1)=N2. The Kier molecular flexibility index (Phi) is 5.30. The summed E-state index contributed by atoms with van der Waals surface area (Å²) in [5, 5.41) is 14.5. The number of nitrogens with one attached hydrogen (secondary N) is 1. The van der Waals surface area contributed by atoms with Gasteiger partial charge in [-0.25, -0.2) is 15.0 Å². The van der Waals surface area contributed by atoms with Gasteiger partial charge in [-0.05, 0) is 19.9 Å². The van der Waals surface area contributed by atoms with Crippen LogP contribution in [0, 0.1) is 0 Å². The molecule has 2 aliphatic heterocycles. The molecule has 2 aromatic heterocycles. The lowest BCUT2D eigenvalue weighted by molar-refractivity contribution is -0.0236. The predicted octanol–water partition coefficient (Wildman–Crippen LogP) is 1.16. The number of methoxy groups -OCH3 is 1. The number of rotatable bonds is 5. The van der Waals surface area contributed by atoms with E-state index in [2.05, 4.69) is 27.1 Å². The van der Waals surface area contributed by atoms with Gasteiger partial charge < -0.3 is 25.6 Å². The summed E-state index contributed by atoms with van der Waals surface area (Å²) >= 11 is 1.55. The molecule has 1 saturated heterocycles. The van der Waals surface area contributed by atoms with Gasteiger partial charge in [0.1, 0.15) is 17.1 Å². The van der Waals surface area contributed by atoms with Gasteiger partial charge in [0.25, 0.3) is 0 Å². The molecule has 4 rings (SSSR count). The molecule has 4 N–H and O–H groups in total. The molecular weight excluding hydrogens is 392 g/mol. The Morgan fingerprint density at radius 1 is 1.38 bits per heavy atom. The Bertz CT molecular complexity index is 907. The van der Waals surface area contributed by atoms with E-state index in [0.29, 0.717) is 19.0 Å². The largest absolute Gasteiger partial charge is 0.382 e. The highest BCUT2D eigenvalue weighted by atomic mass is 32.1. The first-order valence-corrected chi connectivity index (χ1v) is 10.3. The van der Waals surface area contributed by atoms with Crippen molar-refractivity contribution in [1.29, 1.82) is 0 Å². The van der Waals surface area contributed by atoms with E-state index < -0.39 is 11.3 Å². The quantitative estimate of drug-likeness (QED) is 0.662. The van der Waals surface area contributed by atoms with Crippen LogP contribution in [0.5, 0.6) is 0 Å². The van der Waals surface area contributed by atoms with Gasteiger partial charge in [-0.3, -0.25) is 4.90 Å². The molecule has 156 valence electrons. The number of hydrogen-bond acceptors (Lipinski definition) is 10. The fraction of sp³-hybridized carbons (Fsp3) is 0.526. The van der Waals surface area contributed by atoms with Crippen LogP contribution in [0.25, 0.3) is 0 Å². The second-order valence-corrected chi connectivity index (χ2v) is 8.67. The summed E-state index contributed by atoms with van der Waals surface area (Å²) in [6, 6.07) is 1.94. The van der Waals surface area contributed by atoms with Crippen molar-refractivity contribution in [3.8, 4) is 0 Å². The number of aliphatic imine (C=N–C) groups is 1. The van der Waals surface area contributed by atoms with Gasteiger partial charge in [-0.15, -0.1) is 11.3 Å². The number of nitrogens with zero attached hydrogens (tertiary/aromatic N) is 4. The summed E-state index contributed by atoms with van der Waals surface area (Å²) in [6.07, 6.45) is 3.32. The Labute approximate surface area is 173 Å². The molecule has 1 fully saturated rings. The number of aliphatic hydroxyl groups is 1. The summed E-state index contributed by atoms with van der Waals surface area (Å²) in [7, 11) is 1.58. The molecule has 0 aromatic carbocycles. The van der Waals surface area contributed by atoms with Crippen LogP contribution in [0.2, 0.25) is 0 Å². The molecule has 0 amide bonds. The summed E-state index contributed by atoms with van der Waals surface area (Å²) in [5.41, 5.74) is 5.61. The molecule has 2 atom stereocenters. The Balaban J connectivity index is 1.81. The lowest BCUT2D eigenvalue weighted by Crippen LogP contribution is -2.60. The number of nitrogens with two attached hydrogens (primary N) is 1. The normalized spacial score (nSPS) is 24.3. The van der Waals surface area contributed by atoms with Gasteiger partial charge in [0.05, 0.1) is 35.9 Å². The highest BCUT2D eigenvalue weighted by molar-refractivity contribution is 7.12. The molecule has 29 heavy (non-hydrogen) atoms. The van der Waals surface area contributed by atoms with Crippen LogP contribution < -0.4 is 11.1 Å². The van der Waals surface area contributed by atoms with Crippen molar-refractivity contribution in [2.24, 2.45) is 4.99 Å². The molecule has 0 bridgehead atoms. The van der Waals surface area contributed by atoms with E-state index in [4.69, 9.17) is 20.2 Å². The van der Waals surface area contributed by atoms with Crippen molar-refractivity contribution in [3.05, 3.63) is 33.8 Å². The first-order chi connectivity index (χ1) is 13.8. The summed E-state index contributed by atoms with van der Waals surface area (Å²) in [4.78, 5) is 17.2. The summed E-state index contributed by atoms with van der Waals surface area (Å²) in [6.45, 7) is 7.01. The van der Waals surface area contributed by atoms with Crippen LogP contribution in [0.4, 0.5) is 11.6 Å². The number of hydrogen-bond donors (Lipinski definition) is 3. The van der Waals surface area contributed by atoms with E-state index in [1.807, 2.05) is 6.07 Å². The molecule has 0 saturated carbocycles. The number of fused-ring (bicyclic) bond motifs is 1. The van der Waals surface area contributed by atoms with E-state index in [1.165, 1.54) is 0 Å². The molecule has 0 spiro atoms. The molecule has 2 aromatic rings. The zero-order chi connectivity index (χ0) is 20.6. The Morgan fingerprint density at radius 3 is 2.72 bits per heavy atom. The number of nitrogen functional groups attached to an aromatic ring is 1. The molecule has 0 radical (unpaired) electrons.